The van der Waals surface area contributed by atoms with Gasteiger partial charge in [0.1, 0.15) is 0 Å². The molecule has 0 saturated heterocycles. The second-order valence-corrected chi connectivity index (χ2v) is 8.78. The number of carbonyl (C=O) groups is 1. The maximum atomic E-state index is 10.8. The van der Waals surface area contributed by atoms with Crippen molar-refractivity contribution in [1.29, 1.82) is 0 Å². The fraction of sp³-hybridized carbons (Fsp3) is 0.375. The van der Waals surface area contributed by atoms with Crippen molar-refractivity contribution >= 4 is 12.0 Å². The van der Waals surface area contributed by atoms with Crippen molar-refractivity contribution in [3.8, 4) is 11.1 Å². The summed E-state index contributed by atoms with van der Waals surface area (Å²) in [6.45, 7) is 11.5. The van der Waals surface area contributed by atoms with E-state index in [-0.39, 0.29) is 10.8 Å². The van der Waals surface area contributed by atoms with Gasteiger partial charge in [-0.25, -0.2) is 4.79 Å². The van der Waals surface area contributed by atoms with E-state index in [0.717, 1.165) is 11.1 Å². The maximum absolute atomic E-state index is 10.8. The van der Waals surface area contributed by atoms with Crippen LogP contribution in [0.3, 0.4) is 0 Å². The molecule has 0 spiro atoms. The predicted molar refractivity (Wildman–Crippen MR) is 109 cm³/mol. The van der Waals surface area contributed by atoms with Gasteiger partial charge in [-0.1, -0.05) is 58.0 Å². The third-order valence-corrected chi connectivity index (χ3v) is 5.81. The van der Waals surface area contributed by atoms with Gasteiger partial charge in [0, 0.05) is 6.08 Å². The molecule has 1 aliphatic carbocycles. The highest BCUT2D eigenvalue weighted by Crippen LogP contribution is 2.47. The first-order valence-corrected chi connectivity index (χ1v) is 9.27. The Balaban J connectivity index is 2.13. The van der Waals surface area contributed by atoms with Crippen LogP contribution in [-0.2, 0) is 15.6 Å². The van der Waals surface area contributed by atoms with Crippen molar-refractivity contribution in [1.82, 2.24) is 0 Å². The fourth-order valence-electron chi connectivity index (χ4n) is 4.01. The molecule has 0 amide bonds. The van der Waals surface area contributed by atoms with Crippen LogP contribution in [0.25, 0.3) is 17.2 Å². The molecule has 0 aliphatic heterocycles. The summed E-state index contributed by atoms with van der Waals surface area (Å²) in [5.74, 6) is -0.927. The molecule has 0 radical (unpaired) electrons. The Labute approximate surface area is 156 Å². The van der Waals surface area contributed by atoms with Crippen molar-refractivity contribution in [2.45, 2.75) is 58.3 Å². The van der Waals surface area contributed by atoms with Gasteiger partial charge in [0.15, 0.2) is 0 Å². The van der Waals surface area contributed by atoms with E-state index in [1.54, 1.807) is 6.08 Å². The van der Waals surface area contributed by atoms with Crippen LogP contribution in [0.5, 0.6) is 0 Å². The number of aliphatic carboxylic acids is 1. The molecule has 0 aromatic heterocycles. The Morgan fingerprint density at radius 2 is 1.62 bits per heavy atom. The molecule has 2 heteroatoms. The van der Waals surface area contributed by atoms with Crippen molar-refractivity contribution in [3.63, 3.8) is 0 Å². The number of benzene rings is 2. The molecule has 3 rings (SSSR count). The van der Waals surface area contributed by atoms with E-state index in [1.165, 1.54) is 41.2 Å². The highest BCUT2D eigenvalue weighted by atomic mass is 16.4. The van der Waals surface area contributed by atoms with E-state index in [9.17, 15) is 4.79 Å². The first-order chi connectivity index (χ1) is 12.1. The Morgan fingerprint density at radius 1 is 1.00 bits per heavy atom. The Bertz CT molecular complexity index is 885. The number of hydrogen-bond donors (Lipinski definition) is 1. The van der Waals surface area contributed by atoms with Crippen LogP contribution < -0.4 is 0 Å². The first-order valence-electron chi connectivity index (χ1n) is 9.27. The smallest absolute Gasteiger partial charge is 0.328 e. The Hall–Kier alpha value is -2.35. The summed E-state index contributed by atoms with van der Waals surface area (Å²) in [6.07, 6.45) is 5.23. The number of fused-ring (bicyclic) bond motifs is 1. The van der Waals surface area contributed by atoms with Crippen molar-refractivity contribution < 1.29 is 9.90 Å². The van der Waals surface area contributed by atoms with Gasteiger partial charge in [0.2, 0.25) is 0 Å². The van der Waals surface area contributed by atoms with Crippen LogP contribution in [0, 0.1) is 6.92 Å². The highest BCUT2D eigenvalue weighted by molar-refractivity contribution is 5.85. The van der Waals surface area contributed by atoms with E-state index in [1.807, 2.05) is 12.1 Å². The molecule has 2 aromatic carbocycles. The second-order valence-electron chi connectivity index (χ2n) is 8.78. The summed E-state index contributed by atoms with van der Waals surface area (Å²) in [5, 5.41) is 8.86. The molecular weight excluding hydrogens is 320 g/mol. The maximum Gasteiger partial charge on any atom is 0.328 e. The molecular formula is C24H28O2. The van der Waals surface area contributed by atoms with Crippen LogP contribution >= 0.6 is 0 Å². The summed E-state index contributed by atoms with van der Waals surface area (Å²) >= 11 is 0. The average molecular weight is 348 g/mol. The van der Waals surface area contributed by atoms with E-state index in [2.05, 4.69) is 58.9 Å². The molecule has 2 nitrogen and oxygen atoms in total. The Kier molecular flexibility index (Phi) is 4.56. The van der Waals surface area contributed by atoms with Gasteiger partial charge >= 0.3 is 5.97 Å². The zero-order valence-corrected chi connectivity index (χ0v) is 16.4. The normalized spacial score (nSPS) is 17.9. The van der Waals surface area contributed by atoms with Crippen LogP contribution in [0.4, 0.5) is 0 Å². The molecule has 1 aliphatic rings. The summed E-state index contributed by atoms with van der Waals surface area (Å²) in [4.78, 5) is 10.8. The monoisotopic (exact) mass is 348 g/mol. The lowest BCUT2D eigenvalue weighted by Gasteiger charge is -2.42. The lowest BCUT2D eigenvalue weighted by Crippen LogP contribution is -2.34. The largest absolute Gasteiger partial charge is 0.478 e. The molecule has 2 aromatic rings. The number of aryl methyl sites for hydroxylation is 1. The van der Waals surface area contributed by atoms with Gasteiger partial charge in [-0.3, -0.25) is 0 Å². The zero-order chi connectivity index (χ0) is 19.1. The van der Waals surface area contributed by atoms with Crippen LogP contribution in [0.2, 0.25) is 0 Å². The van der Waals surface area contributed by atoms with Gasteiger partial charge in [-0.2, -0.15) is 0 Å². The van der Waals surface area contributed by atoms with Crippen molar-refractivity contribution in [2.24, 2.45) is 0 Å². The summed E-state index contributed by atoms with van der Waals surface area (Å²) in [5.41, 5.74) is 7.85. The van der Waals surface area contributed by atoms with Gasteiger partial charge in [-0.05, 0) is 76.1 Å². The first kappa shape index (κ1) is 18.4. The van der Waals surface area contributed by atoms with E-state index < -0.39 is 5.97 Å². The molecule has 0 bridgehead atoms. The standard InChI is InChI=1S/C24H28O2/c1-16-13-20-21(24(4,5)12-11-23(20,2)3)15-19(16)18-8-6-7-17(14-18)9-10-22(25)26/h6-10,13-15H,11-12H2,1-5H3,(H,25,26). The SMILES string of the molecule is Cc1cc2c(cc1-c1cccc(C=CC(=O)O)c1)C(C)(C)CCC2(C)C. The zero-order valence-electron chi connectivity index (χ0n) is 16.4. The molecule has 0 heterocycles. The van der Waals surface area contributed by atoms with Gasteiger partial charge in [0.05, 0.1) is 0 Å². The third-order valence-electron chi connectivity index (χ3n) is 5.81. The summed E-state index contributed by atoms with van der Waals surface area (Å²) in [6, 6.07) is 12.8. The van der Waals surface area contributed by atoms with Crippen molar-refractivity contribution in [2.75, 3.05) is 0 Å². The molecule has 0 atom stereocenters. The average Bonchev–Trinajstić information content (AvgIpc) is 2.57. The minimum atomic E-state index is -0.927. The second kappa shape index (κ2) is 6.42. The quantitative estimate of drug-likeness (QED) is 0.680. The van der Waals surface area contributed by atoms with E-state index in [0.29, 0.717) is 0 Å². The van der Waals surface area contributed by atoms with Gasteiger partial charge in [-0.15, -0.1) is 0 Å². The molecule has 26 heavy (non-hydrogen) atoms. The molecule has 0 fully saturated rings. The number of carboxylic acids is 1. The minimum Gasteiger partial charge on any atom is -0.478 e. The predicted octanol–water partition coefficient (Wildman–Crippen LogP) is 6.11. The van der Waals surface area contributed by atoms with Crippen LogP contribution in [-0.4, -0.2) is 11.1 Å². The van der Waals surface area contributed by atoms with E-state index in [4.69, 9.17) is 5.11 Å². The number of hydrogen-bond acceptors (Lipinski definition) is 1. The lowest BCUT2D eigenvalue weighted by molar-refractivity contribution is -0.131. The number of carboxylic acid groups (broad SMARTS) is 1. The molecule has 1 N–H and O–H groups in total. The molecule has 0 saturated carbocycles. The number of rotatable bonds is 3. The fourth-order valence-corrected chi connectivity index (χ4v) is 4.01. The van der Waals surface area contributed by atoms with Gasteiger partial charge < -0.3 is 5.11 Å². The summed E-state index contributed by atoms with van der Waals surface area (Å²) < 4.78 is 0. The topological polar surface area (TPSA) is 37.3 Å². The highest BCUT2D eigenvalue weighted by Gasteiger charge is 2.37. The summed E-state index contributed by atoms with van der Waals surface area (Å²) in [7, 11) is 0. The molecule has 0 unspecified atom stereocenters. The van der Waals surface area contributed by atoms with Gasteiger partial charge in [0.25, 0.3) is 0 Å². The van der Waals surface area contributed by atoms with Crippen LogP contribution in [0.15, 0.2) is 42.5 Å². The lowest BCUT2D eigenvalue weighted by atomic mass is 9.62. The Morgan fingerprint density at radius 3 is 2.23 bits per heavy atom. The van der Waals surface area contributed by atoms with Crippen molar-refractivity contribution in [3.05, 3.63) is 64.7 Å². The minimum absolute atomic E-state index is 0.175. The third kappa shape index (κ3) is 3.46. The van der Waals surface area contributed by atoms with Crippen LogP contribution in [0.1, 0.15) is 62.8 Å². The molecule has 136 valence electrons. The van der Waals surface area contributed by atoms with E-state index >= 15 is 0 Å².